The van der Waals surface area contributed by atoms with E-state index < -0.39 is 0 Å². The van der Waals surface area contributed by atoms with E-state index >= 15 is 0 Å². The summed E-state index contributed by atoms with van der Waals surface area (Å²) in [6.07, 6.45) is 2.03. The molecule has 0 atom stereocenters. The van der Waals surface area contributed by atoms with Crippen LogP contribution in [0, 0.1) is 0 Å². The van der Waals surface area contributed by atoms with Crippen LogP contribution in [0.1, 0.15) is 5.56 Å². The van der Waals surface area contributed by atoms with E-state index in [4.69, 9.17) is 16.3 Å². The first-order valence-electron chi connectivity index (χ1n) is 5.40. The lowest BCUT2D eigenvalue weighted by atomic mass is 10.2. The Morgan fingerprint density at radius 3 is 2.67 bits per heavy atom. The molecular formula is C14H12BrClOS. The quantitative estimate of drug-likeness (QED) is 0.520. The Bertz CT molecular complexity index is 545. The minimum atomic E-state index is 0.435. The predicted octanol–water partition coefficient (Wildman–Crippen LogP) is 5.70. The van der Waals surface area contributed by atoms with Crippen LogP contribution in [0.4, 0.5) is 0 Å². The topological polar surface area (TPSA) is 9.23 Å². The second-order valence-corrected chi connectivity index (χ2v) is 5.67. The lowest BCUT2D eigenvalue weighted by Crippen LogP contribution is -1.91. The first-order chi connectivity index (χ1) is 8.74. The molecule has 1 nitrogen and oxygen atoms in total. The van der Waals surface area contributed by atoms with Crippen molar-refractivity contribution in [1.82, 2.24) is 0 Å². The average molecular weight is 344 g/mol. The monoisotopic (exact) mass is 342 g/mol. The van der Waals surface area contributed by atoms with Gasteiger partial charge in [-0.15, -0.1) is 23.4 Å². The highest BCUT2D eigenvalue weighted by Crippen LogP contribution is 2.34. The third-order valence-corrected chi connectivity index (χ3v) is 4.02. The SMILES string of the molecule is CSc1ccccc1Oc1cc(Br)ccc1CCl. The van der Waals surface area contributed by atoms with Crippen molar-refractivity contribution < 1.29 is 4.74 Å². The molecule has 0 aromatic heterocycles. The highest BCUT2D eigenvalue weighted by atomic mass is 79.9. The van der Waals surface area contributed by atoms with Gasteiger partial charge in [0.1, 0.15) is 11.5 Å². The van der Waals surface area contributed by atoms with Crippen molar-refractivity contribution in [2.45, 2.75) is 10.8 Å². The van der Waals surface area contributed by atoms with Gasteiger partial charge in [-0.25, -0.2) is 0 Å². The maximum atomic E-state index is 5.97. The number of thioether (sulfide) groups is 1. The van der Waals surface area contributed by atoms with Crippen molar-refractivity contribution in [2.24, 2.45) is 0 Å². The van der Waals surface area contributed by atoms with Gasteiger partial charge in [-0.05, 0) is 30.5 Å². The summed E-state index contributed by atoms with van der Waals surface area (Å²) >= 11 is 11.0. The molecule has 0 aliphatic heterocycles. The molecule has 0 saturated heterocycles. The highest BCUT2D eigenvalue weighted by Gasteiger charge is 2.08. The van der Waals surface area contributed by atoms with Gasteiger partial charge < -0.3 is 4.74 Å². The molecule has 94 valence electrons. The van der Waals surface area contributed by atoms with E-state index in [2.05, 4.69) is 15.9 Å². The molecule has 2 aromatic rings. The van der Waals surface area contributed by atoms with E-state index in [-0.39, 0.29) is 0 Å². The molecule has 2 rings (SSSR count). The van der Waals surface area contributed by atoms with Gasteiger partial charge in [-0.2, -0.15) is 0 Å². The zero-order valence-electron chi connectivity index (χ0n) is 9.82. The summed E-state index contributed by atoms with van der Waals surface area (Å²) in [7, 11) is 0. The van der Waals surface area contributed by atoms with Gasteiger partial charge in [-0.1, -0.05) is 34.1 Å². The lowest BCUT2D eigenvalue weighted by Gasteiger charge is -2.12. The minimum absolute atomic E-state index is 0.435. The van der Waals surface area contributed by atoms with Crippen LogP contribution >= 0.6 is 39.3 Å². The van der Waals surface area contributed by atoms with Crippen LogP contribution < -0.4 is 4.74 Å². The van der Waals surface area contributed by atoms with E-state index in [1.807, 2.05) is 48.7 Å². The summed E-state index contributed by atoms with van der Waals surface area (Å²) in [6.45, 7) is 0. The zero-order chi connectivity index (χ0) is 13.0. The molecule has 0 N–H and O–H groups in total. The second-order valence-electron chi connectivity index (χ2n) is 3.64. The van der Waals surface area contributed by atoms with Crippen molar-refractivity contribution in [3.05, 3.63) is 52.5 Å². The molecule has 4 heteroatoms. The molecule has 2 aromatic carbocycles. The number of alkyl halides is 1. The number of rotatable bonds is 4. The fourth-order valence-corrected chi connectivity index (χ4v) is 2.64. The molecule has 0 fully saturated rings. The Morgan fingerprint density at radius 2 is 1.94 bits per heavy atom. The second kappa shape index (κ2) is 6.50. The van der Waals surface area contributed by atoms with Crippen LogP contribution in [0.3, 0.4) is 0 Å². The molecule has 18 heavy (non-hydrogen) atoms. The summed E-state index contributed by atoms with van der Waals surface area (Å²) in [5, 5.41) is 0. The highest BCUT2D eigenvalue weighted by molar-refractivity contribution is 9.10. The molecule has 0 radical (unpaired) electrons. The molecular weight excluding hydrogens is 332 g/mol. The fourth-order valence-electron chi connectivity index (χ4n) is 1.56. The largest absolute Gasteiger partial charge is 0.456 e. The summed E-state index contributed by atoms with van der Waals surface area (Å²) < 4.78 is 6.95. The predicted molar refractivity (Wildman–Crippen MR) is 82.0 cm³/mol. The van der Waals surface area contributed by atoms with Crippen molar-refractivity contribution in [3.8, 4) is 11.5 Å². The third-order valence-electron chi connectivity index (χ3n) is 2.46. The Balaban J connectivity index is 2.36. The number of hydrogen-bond donors (Lipinski definition) is 0. The van der Waals surface area contributed by atoms with Crippen molar-refractivity contribution in [2.75, 3.05) is 6.26 Å². The van der Waals surface area contributed by atoms with Crippen LogP contribution in [0.15, 0.2) is 51.8 Å². The van der Waals surface area contributed by atoms with Crippen molar-refractivity contribution in [3.63, 3.8) is 0 Å². The maximum Gasteiger partial charge on any atom is 0.140 e. The molecule has 0 unspecified atom stereocenters. The van der Waals surface area contributed by atoms with E-state index in [1.54, 1.807) is 11.8 Å². The number of hydrogen-bond acceptors (Lipinski definition) is 2. The molecule has 0 heterocycles. The summed E-state index contributed by atoms with van der Waals surface area (Å²) in [5.41, 5.74) is 0.982. The first-order valence-corrected chi connectivity index (χ1v) is 7.95. The fraction of sp³-hybridized carbons (Fsp3) is 0.143. The van der Waals surface area contributed by atoms with Crippen LogP contribution in [0.25, 0.3) is 0 Å². The summed E-state index contributed by atoms with van der Waals surface area (Å²) in [4.78, 5) is 1.11. The molecule has 0 aliphatic carbocycles. The van der Waals surface area contributed by atoms with Gasteiger partial charge in [0.2, 0.25) is 0 Å². The van der Waals surface area contributed by atoms with Crippen LogP contribution in [0.2, 0.25) is 0 Å². The average Bonchev–Trinajstić information content (AvgIpc) is 2.40. The molecule has 0 amide bonds. The Kier molecular flexibility index (Phi) is 4.98. The Labute approximate surface area is 125 Å². The zero-order valence-corrected chi connectivity index (χ0v) is 13.0. The summed E-state index contributed by atoms with van der Waals surface area (Å²) in [5.74, 6) is 2.08. The molecule has 0 aliphatic rings. The van der Waals surface area contributed by atoms with Gasteiger partial charge in [0.05, 0.1) is 5.88 Å². The number of ether oxygens (including phenoxy) is 1. The normalized spacial score (nSPS) is 10.4. The van der Waals surface area contributed by atoms with Crippen LogP contribution in [-0.2, 0) is 5.88 Å². The lowest BCUT2D eigenvalue weighted by molar-refractivity contribution is 0.467. The van der Waals surface area contributed by atoms with E-state index in [0.29, 0.717) is 5.88 Å². The minimum Gasteiger partial charge on any atom is -0.456 e. The van der Waals surface area contributed by atoms with E-state index in [1.165, 1.54) is 0 Å². The molecule has 0 spiro atoms. The van der Waals surface area contributed by atoms with Crippen LogP contribution in [0.5, 0.6) is 11.5 Å². The van der Waals surface area contributed by atoms with Gasteiger partial charge >= 0.3 is 0 Å². The maximum absolute atomic E-state index is 5.97. The Hall–Kier alpha value is -0.640. The number of para-hydroxylation sites is 1. The third kappa shape index (κ3) is 3.22. The van der Waals surface area contributed by atoms with Crippen LogP contribution in [-0.4, -0.2) is 6.26 Å². The van der Waals surface area contributed by atoms with E-state index in [9.17, 15) is 0 Å². The molecule has 0 saturated carbocycles. The first kappa shape index (κ1) is 13.8. The van der Waals surface area contributed by atoms with Crippen molar-refractivity contribution >= 4 is 39.3 Å². The Morgan fingerprint density at radius 1 is 1.17 bits per heavy atom. The summed E-state index contributed by atoms with van der Waals surface area (Å²) in [6, 6.07) is 13.8. The number of halogens is 2. The standard InChI is InChI=1S/C14H12BrClOS/c1-18-14-5-3-2-4-12(14)17-13-8-11(15)7-6-10(13)9-16/h2-8H,9H2,1H3. The van der Waals surface area contributed by atoms with Crippen molar-refractivity contribution in [1.29, 1.82) is 0 Å². The van der Waals surface area contributed by atoms with E-state index in [0.717, 1.165) is 26.4 Å². The number of benzene rings is 2. The van der Waals surface area contributed by atoms with Gasteiger partial charge in [0, 0.05) is 14.9 Å². The van der Waals surface area contributed by atoms with Gasteiger partial charge in [0.25, 0.3) is 0 Å². The smallest absolute Gasteiger partial charge is 0.140 e. The van der Waals surface area contributed by atoms with Gasteiger partial charge in [-0.3, -0.25) is 0 Å². The van der Waals surface area contributed by atoms with Gasteiger partial charge in [0.15, 0.2) is 0 Å². The molecule has 0 bridgehead atoms.